The summed E-state index contributed by atoms with van der Waals surface area (Å²) in [6.45, 7) is 3.93. The second-order valence-corrected chi connectivity index (χ2v) is 4.78. The zero-order chi connectivity index (χ0) is 14.0. The van der Waals surface area contributed by atoms with E-state index in [1.165, 1.54) is 10.9 Å². The van der Waals surface area contributed by atoms with E-state index in [0.29, 0.717) is 10.9 Å². The minimum Gasteiger partial charge on any atom is -0.354 e. The largest absolute Gasteiger partial charge is 0.354 e. The van der Waals surface area contributed by atoms with Gasteiger partial charge in [0.1, 0.15) is 6.54 Å². The smallest absolute Gasteiger partial charge is 0.263 e. The van der Waals surface area contributed by atoms with Gasteiger partial charge in [-0.05, 0) is 13.3 Å². The summed E-state index contributed by atoms with van der Waals surface area (Å²) in [6.07, 6.45) is 5.77. The molecule has 102 valence electrons. The van der Waals surface area contributed by atoms with Gasteiger partial charge in [0.05, 0.1) is 17.2 Å². The Morgan fingerprint density at radius 2 is 2.21 bits per heavy atom. The Kier molecular flexibility index (Phi) is 3.69. The molecule has 19 heavy (non-hydrogen) atoms. The Morgan fingerprint density at radius 1 is 1.47 bits per heavy atom. The molecule has 0 aliphatic heterocycles. The number of nitrogens with zero attached hydrogens (tertiary/aromatic N) is 3. The number of hydrogen-bond donors (Lipinski definition) is 1. The van der Waals surface area contributed by atoms with Gasteiger partial charge in [-0.3, -0.25) is 14.2 Å². The van der Waals surface area contributed by atoms with Gasteiger partial charge < -0.3 is 9.88 Å². The fourth-order valence-corrected chi connectivity index (χ4v) is 1.87. The number of aryl methyl sites for hydroxylation is 1. The van der Waals surface area contributed by atoms with Crippen molar-refractivity contribution in [3.05, 3.63) is 29.1 Å². The van der Waals surface area contributed by atoms with E-state index in [1.54, 1.807) is 17.0 Å². The van der Waals surface area contributed by atoms with Gasteiger partial charge in [-0.2, -0.15) is 0 Å². The molecule has 0 spiro atoms. The lowest BCUT2D eigenvalue weighted by atomic mass is 10.2. The summed E-state index contributed by atoms with van der Waals surface area (Å²) < 4.78 is 3.11. The summed E-state index contributed by atoms with van der Waals surface area (Å²) in [4.78, 5) is 28.1. The van der Waals surface area contributed by atoms with Crippen LogP contribution in [0.2, 0.25) is 0 Å². The van der Waals surface area contributed by atoms with E-state index in [-0.39, 0.29) is 24.1 Å². The zero-order valence-electron chi connectivity index (χ0n) is 11.4. The van der Waals surface area contributed by atoms with Gasteiger partial charge >= 0.3 is 0 Å². The molecule has 0 aromatic carbocycles. The highest BCUT2D eigenvalue weighted by Crippen LogP contribution is 2.05. The van der Waals surface area contributed by atoms with Gasteiger partial charge in [0.2, 0.25) is 5.91 Å². The van der Waals surface area contributed by atoms with E-state index < -0.39 is 0 Å². The minimum atomic E-state index is -0.190. The van der Waals surface area contributed by atoms with Gasteiger partial charge in [-0.25, -0.2) is 4.98 Å². The molecule has 6 heteroatoms. The lowest BCUT2D eigenvalue weighted by Gasteiger charge is -2.11. The van der Waals surface area contributed by atoms with E-state index >= 15 is 0 Å². The molecule has 0 fully saturated rings. The first-order valence-electron chi connectivity index (χ1n) is 6.31. The second-order valence-electron chi connectivity index (χ2n) is 4.78. The van der Waals surface area contributed by atoms with Crippen molar-refractivity contribution in [3.63, 3.8) is 0 Å². The summed E-state index contributed by atoms with van der Waals surface area (Å²) in [7, 11) is 1.83. The van der Waals surface area contributed by atoms with Gasteiger partial charge in [-0.15, -0.1) is 0 Å². The molecule has 1 atom stereocenters. The molecule has 2 rings (SSSR count). The summed E-state index contributed by atoms with van der Waals surface area (Å²) in [5.74, 6) is -0.173. The third kappa shape index (κ3) is 2.83. The highest BCUT2D eigenvalue weighted by atomic mass is 16.2. The molecule has 0 radical (unpaired) electrons. The van der Waals surface area contributed by atoms with Gasteiger partial charge in [0.25, 0.3) is 5.56 Å². The number of rotatable bonds is 4. The molecule has 0 aliphatic rings. The highest BCUT2D eigenvalue weighted by Gasteiger charge is 2.10. The van der Waals surface area contributed by atoms with Crippen molar-refractivity contribution >= 4 is 16.8 Å². The van der Waals surface area contributed by atoms with Crippen molar-refractivity contribution in [3.8, 4) is 0 Å². The first kappa shape index (κ1) is 13.3. The van der Waals surface area contributed by atoms with Crippen LogP contribution in [0.5, 0.6) is 0 Å². The standard InChI is InChI=1S/C13H18N4O2/c1-4-9(2)15-12(18)7-17-8-14-11-6-16(3)5-10(11)13(17)19/h5-6,8-9H,4,7H2,1-3H3,(H,15,18). The average Bonchev–Trinajstić information content (AvgIpc) is 2.74. The Bertz CT molecular complexity index is 656. The fourth-order valence-electron chi connectivity index (χ4n) is 1.87. The fraction of sp³-hybridized carbons (Fsp3) is 0.462. The van der Waals surface area contributed by atoms with Gasteiger partial charge in [-0.1, -0.05) is 6.92 Å². The lowest BCUT2D eigenvalue weighted by molar-refractivity contribution is -0.122. The van der Waals surface area contributed by atoms with Crippen LogP contribution in [-0.2, 0) is 18.4 Å². The van der Waals surface area contributed by atoms with E-state index in [9.17, 15) is 9.59 Å². The number of carbonyl (C=O) groups is 1. The summed E-state index contributed by atoms with van der Waals surface area (Å²) in [6, 6.07) is 0.108. The number of carbonyl (C=O) groups excluding carboxylic acids is 1. The van der Waals surface area contributed by atoms with E-state index in [0.717, 1.165) is 6.42 Å². The molecular weight excluding hydrogens is 244 g/mol. The Hall–Kier alpha value is -2.11. The third-order valence-corrected chi connectivity index (χ3v) is 3.10. The van der Waals surface area contributed by atoms with E-state index in [4.69, 9.17) is 0 Å². The molecular formula is C13H18N4O2. The van der Waals surface area contributed by atoms with Crippen LogP contribution in [0.1, 0.15) is 20.3 Å². The van der Waals surface area contributed by atoms with Crippen molar-refractivity contribution in [2.45, 2.75) is 32.9 Å². The molecule has 2 aromatic rings. The number of aromatic nitrogens is 3. The predicted octanol–water partition coefficient (Wildman–Crippen LogP) is 0.650. The van der Waals surface area contributed by atoms with Crippen LogP contribution in [0.15, 0.2) is 23.5 Å². The molecule has 2 heterocycles. The summed E-state index contributed by atoms with van der Waals surface area (Å²) in [5.41, 5.74) is 0.455. The minimum absolute atomic E-state index is 0.001000. The first-order chi connectivity index (χ1) is 9.01. The zero-order valence-corrected chi connectivity index (χ0v) is 11.4. The number of amides is 1. The van der Waals surface area contributed by atoms with Crippen LogP contribution in [0, 0.1) is 0 Å². The van der Waals surface area contributed by atoms with Gasteiger partial charge in [0.15, 0.2) is 0 Å². The van der Waals surface area contributed by atoms with Crippen molar-refractivity contribution in [2.75, 3.05) is 0 Å². The van der Waals surface area contributed by atoms with E-state index in [2.05, 4.69) is 10.3 Å². The average molecular weight is 262 g/mol. The van der Waals surface area contributed by atoms with E-state index in [1.807, 2.05) is 20.9 Å². The quantitative estimate of drug-likeness (QED) is 0.879. The number of hydrogen-bond acceptors (Lipinski definition) is 3. The van der Waals surface area contributed by atoms with Crippen molar-refractivity contribution in [2.24, 2.45) is 7.05 Å². The van der Waals surface area contributed by atoms with Crippen LogP contribution in [0.3, 0.4) is 0 Å². The predicted molar refractivity (Wildman–Crippen MR) is 72.9 cm³/mol. The van der Waals surface area contributed by atoms with Crippen molar-refractivity contribution in [1.29, 1.82) is 0 Å². The van der Waals surface area contributed by atoms with Gasteiger partial charge in [0, 0.05) is 25.5 Å². The molecule has 0 saturated heterocycles. The molecule has 1 N–H and O–H groups in total. The number of fused-ring (bicyclic) bond motifs is 1. The maximum atomic E-state index is 12.2. The van der Waals surface area contributed by atoms with Crippen LogP contribution in [0.25, 0.3) is 10.9 Å². The molecule has 0 bridgehead atoms. The molecule has 0 saturated carbocycles. The van der Waals surface area contributed by atoms with Crippen LogP contribution in [0.4, 0.5) is 0 Å². The summed E-state index contributed by atoms with van der Waals surface area (Å²) in [5, 5.41) is 3.36. The number of nitrogens with one attached hydrogen (secondary N) is 1. The molecule has 1 unspecified atom stereocenters. The molecule has 1 amide bonds. The van der Waals surface area contributed by atoms with Crippen molar-refractivity contribution < 1.29 is 4.79 Å². The SMILES string of the molecule is CCC(C)NC(=O)Cn1cnc2cn(C)cc2c1=O. The Labute approximate surface area is 111 Å². The molecule has 6 nitrogen and oxygen atoms in total. The van der Waals surface area contributed by atoms with Crippen molar-refractivity contribution in [1.82, 2.24) is 19.4 Å². The third-order valence-electron chi connectivity index (χ3n) is 3.10. The Balaban J connectivity index is 2.24. The van der Waals surface area contributed by atoms with Crippen LogP contribution in [-0.4, -0.2) is 26.1 Å². The molecule has 2 aromatic heterocycles. The lowest BCUT2D eigenvalue weighted by Crippen LogP contribution is -2.37. The first-order valence-corrected chi connectivity index (χ1v) is 6.31. The maximum absolute atomic E-state index is 12.2. The highest BCUT2D eigenvalue weighted by molar-refractivity contribution is 5.78. The molecule has 0 aliphatic carbocycles. The van der Waals surface area contributed by atoms with Crippen LogP contribution < -0.4 is 10.9 Å². The maximum Gasteiger partial charge on any atom is 0.263 e. The topological polar surface area (TPSA) is 68.9 Å². The Morgan fingerprint density at radius 3 is 2.89 bits per heavy atom. The monoisotopic (exact) mass is 262 g/mol. The normalized spacial score (nSPS) is 12.6. The summed E-state index contributed by atoms with van der Waals surface area (Å²) >= 11 is 0. The van der Waals surface area contributed by atoms with Crippen LogP contribution >= 0.6 is 0 Å². The second kappa shape index (κ2) is 5.26.